The van der Waals surface area contributed by atoms with Crippen molar-refractivity contribution in [1.29, 1.82) is 0 Å². The van der Waals surface area contributed by atoms with Crippen molar-refractivity contribution in [1.82, 2.24) is 0 Å². The van der Waals surface area contributed by atoms with Gasteiger partial charge in [0.05, 0.1) is 32.8 Å². The molecule has 2 aromatic carbocycles. The predicted molar refractivity (Wildman–Crippen MR) is 97.0 cm³/mol. The minimum Gasteiger partial charge on any atom is -0.326 e. The fourth-order valence-electron chi connectivity index (χ4n) is 2.14. The van der Waals surface area contributed by atoms with Gasteiger partial charge in [-0.25, -0.2) is 0 Å². The van der Waals surface area contributed by atoms with E-state index in [1.54, 1.807) is 36.4 Å². The molecule has 0 bridgehead atoms. The fraction of sp³-hybridized carbons (Fsp3) is 0.188. The molecule has 2 aromatic rings. The number of hydrogen-bond donors (Lipinski definition) is 2. The summed E-state index contributed by atoms with van der Waals surface area (Å²) < 4.78 is 0. The molecule has 0 heterocycles. The van der Waals surface area contributed by atoms with Gasteiger partial charge in [0.1, 0.15) is 6.54 Å². The van der Waals surface area contributed by atoms with Crippen LogP contribution in [0.25, 0.3) is 0 Å². The van der Waals surface area contributed by atoms with E-state index in [-0.39, 0.29) is 12.5 Å². The summed E-state index contributed by atoms with van der Waals surface area (Å²) in [6.45, 7) is 0.755. The van der Waals surface area contributed by atoms with Gasteiger partial charge in [0, 0.05) is 5.56 Å². The number of para-hydroxylation sites is 1. The van der Waals surface area contributed by atoms with Gasteiger partial charge in [0.2, 0.25) is 0 Å². The molecule has 1 atom stereocenters. The number of carbonyl (C=O) groups excluding carboxylic acids is 1. The Morgan fingerprint density at radius 1 is 0.957 bits per heavy atom. The van der Waals surface area contributed by atoms with Crippen LogP contribution in [0.5, 0.6) is 0 Å². The Labute approximate surface area is 155 Å². The summed E-state index contributed by atoms with van der Waals surface area (Å²) in [4.78, 5) is 13.1. The lowest BCUT2D eigenvalue weighted by molar-refractivity contribution is -0.885. The molecule has 0 saturated heterocycles. The van der Waals surface area contributed by atoms with Crippen LogP contribution in [0.2, 0.25) is 20.1 Å². The molecule has 0 saturated carbocycles. The van der Waals surface area contributed by atoms with Gasteiger partial charge in [-0.3, -0.25) is 4.79 Å². The highest BCUT2D eigenvalue weighted by atomic mass is 35.5. The van der Waals surface area contributed by atoms with Gasteiger partial charge in [0.25, 0.3) is 5.91 Å². The summed E-state index contributed by atoms with van der Waals surface area (Å²) >= 11 is 24.4. The summed E-state index contributed by atoms with van der Waals surface area (Å²) in [6, 6.07) is 10.4. The number of likely N-dealkylation sites (N-methyl/N-ethyl adjacent to an activating group) is 1. The van der Waals surface area contributed by atoms with Gasteiger partial charge >= 0.3 is 0 Å². The zero-order chi connectivity index (χ0) is 17.0. The van der Waals surface area contributed by atoms with E-state index in [4.69, 9.17) is 46.4 Å². The van der Waals surface area contributed by atoms with Crippen molar-refractivity contribution in [3.05, 3.63) is 62.1 Å². The van der Waals surface area contributed by atoms with E-state index < -0.39 is 0 Å². The van der Waals surface area contributed by atoms with Crippen LogP contribution in [0, 0.1) is 0 Å². The van der Waals surface area contributed by atoms with E-state index >= 15 is 0 Å². The first-order valence-electron chi connectivity index (χ1n) is 6.86. The summed E-state index contributed by atoms with van der Waals surface area (Å²) in [5, 5.41) is 4.71. The minimum absolute atomic E-state index is 0.194. The number of amides is 1. The second-order valence-corrected chi connectivity index (χ2v) is 6.78. The molecule has 0 spiro atoms. The number of quaternary nitrogens is 1. The second-order valence-electron chi connectivity index (χ2n) is 5.16. The molecule has 1 amide bonds. The molecular weight excluding hydrogens is 378 g/mol. The van der Waals surface area contributed by atoms with Crippen LogP contribution in [0.3, 0.4) is 0 Å². The van der Waals surface area contributed by atoms with Gasteiger partial charge in [-0.2, -0.15) is 0 Å². The number of anilines is 1. The lowest BCUT2D eigenvalue weighted by Crippen LogP contribution is -3.08. The Morgan fingerprint density at radius 2 is 1.43 bits per heavy atom. The first-order chi connectivity index (χ1) is 10.9. The molecule has 0 aliphatic carbocycles. The molecule has 23 heavy (non-hydrogen) atoms. The average Bonchev–Trinajstić information content (AvgIpc) is 2.47. The zero-order valence-corrected chi connectivity index (χ0v) is 15.3. The molecule has 0 radical (unpaired) electrons. The standard InChI is InChI=1S/C16H14Cl4N2O/c1-22(8-10-11(17)4-2-5-12(10)18)9-15(23)21-16-13(19)6-3-7-14(16)20/h2-7H,8-9H2,1H3,(H,21,23)/p+1. The molecule has 2 rings (SSSR count). The number of carbonyl (C=O) groups is 1. The van der Waals surface area contributed by atoms with Crippen LogP contribution in [0.4, 0.5) is 5.69 Å². The maximum absolute atomic E-state index is 12.2. The lowest BCUT2D eigenvalue weighted by atomic mass is 10.2. The van der Waals surface area contributed by atoms with Gasteiger partial charge in [-0.1, -0.05) is 58.5 Å². The Morgan fingerprint density at radius 3 is 1.96 bits per heavy atom. The van der Waals surface area contributed by atoms with Crippen molar-refractivity contribution in [2.75, 3.05) is 18.9 Å². The van der Waals surface area contributed by atoms with Crippen LogP contribution in [-0.4, -0.2) is 19.5 Å². The molecule has 0 aliphatic heterocycles. The van der Waals surface area contributed by atoms with Crippen molar-refractivity contribution in [3.63, 3.8) is 0 Å². The summed E-state index contributed by atoms with van der Waals surface area (Å²) in [5.74, 6) is -0.194. The molecule has 2 N–H and O–H groups in total. The molecule has 7 heteroatoms. The number of hydrogen-bond acceptors (Lipinski definition) is 1. The number of rotatable bonds is 5. The Bertz CT molecular complexity index is 681. The highest BCUT2D eigenvalue weighted by Gasteiger charge is 2.16. The number of halogens is 4. The zero-order valence-electron chi connectivity index (χ0n) is 12.3. The van der Waals surface area contributed by atoms with Crippen LogP contribution in [0.15, 0.2) is 36.4 Å². The number of benzene rings is 2. The second kappa shape index (κ2) is 8.22. The molecule has 3 nitrogen and oxygen atoms in total. The molecule has 0 aromatic heterocycles. The first kappa shape index (κ1) is 18.4. The maximum Gasteiger partial charge on any atom is 0.279 e. The third kappa shape index (κ3) is 5.00. The third-order valence-corrected chi connectivity index (χ3v) is 4.57. The summed E-state index contributed by atoms with van der Waals surface area (Å²) in [7, 11) is 1.88. The van der Waals surface area contributed by atoms with E-state index in [2.05, 4.69) is 5.32 Å². The van der Waals surface area contributed by atoms with Crippen molar-refractivity contribution in [2.24, 2.45) is 0 Å². The molecule has 0 fully saturated rings. The average molecular weight is 393 g/mol. The summed E-state index contributed by atoms with van der Waals surface area (Å²) in [5.41, 5.74) is 1.24. The van der Waals surface area contributed by atoms with Crippen molar-refractivity contribution >= 4 is 58.0 Å². The summed E-state index contributed by atoms with van der Waals surface area (Å²) in [6.07, 6.45) is 0. The van der Waals surface area contributed by atoms with Gasteiger partial charge in [0.15, 0.2) is 6.54 Å². The van der Waals surface area contributed by atoms with E-state index in [1.807, 2.05) is 7.05 Å². The molecule has 0 aliphatic rings. The first-order valence-corrected chi connectivity index (χ1v) is 8.37. The molecule has 122 valence electrons. The van der Waals surface area contributed by atoms with E-state index in [9.17, 15) is 4.79 Å². The van der Waals surface area contributed by atoms with Crippen LogP contribution >= 0.6 is 46.4 Å². The quantitative estimate of drug-likeness (QED) is 0.793. The predicted octanol–water partition coefficient (Wildman–Crippen LogP) is 3.95. The highest BCUT2D eigenvalue weighted by molar-refractivity contribution is 6.39. The van der Waals surface area contributed by atoms with Crippen molar-refractivity contribution in [2.45, 2.75) is 6.54 Å². The SMILES string of the molecule is C[NH+](CC(=O)Nc1c(Cl)cccc1Cl)Cc1c(Cl)cccc1Cl. The topological polar surface area (TPSA) is 33.5 Å². The number of nitrogens with one attached hydrogen (secondary N) is 2. The van der Waals surface area contributed by atoms with E-state index in [1.165, 1.54) is 0 Å². The van der Waals surface area contributed by atoms with Crippen LogP contribution in [0.1, 0.15) is 5.56 Å². The monoisotopic (exact) mass is 391 g/mol. The lowest BCUT2D eigenvalue weighted by Gasteiger charge is -2.16. The smallest absolute Gasteiger partial charge is 0.279 e. The van der Waals surface area contributed by atoms with Crippen LogP contribution < -0.4 is 10.2 Å². The fourth-order valence-corrected chi connectivity index (χ4v) is 3.16. The third-order valence-electron chi connectivity index (χ3n) is 3.23. The van der Waals surface area contributed by atoms with Crippen molar-refractivity contribution in [3.8, 4) is 0 Å². The van der Waals surface area contributed by atoms with E-state index in [0.29, 0.717) is 32.3 Å². The van der Waals surface area contributed by atoms with Gasteiger partial charge in [-0.15, -0.1) is 0 Å². The van der Waals surface area contributed by atoms with Gasteiger partial charge in [-0.05, 0) is 24.3 Å². The van der Waals surface area contributed by atoms with E-state index in [0.717, 1.165) is 10.5 Å². The maximum atomic E-state index is 12.2. The molecule has 1 unspecified atom stereocenters. The normalized spacial score (nSPS) is 12.0. The largest absolute Gasteiger partial charge is 0.326 e. The van der Waals surface area contributed by atoms with Crippen LogP contribution in [-0.2, 0) is 11.3 Å². The Kier molecular flexibility index (Phi) is 6.57. The Hall–Kier alpha value is -0.970. The van der Waals surface area contributed by atoms with Gasteiger partial charge < -0.3 is 10.2 Å². The minimum atomic E-state index is -0.194. The highest BCUT2D eigenvalue weighted by Crippen LogP contribution is 2.29. The molecular formula is C16H15Cl4N2O+. The Balaban J connectivity index is 2.00. The van der Waals surface area contributed by atoms with Crippen molar-refractivity contribution < 1.29 is 9.69 Å².